The Bertz CT molecular complexity index is 1650. The Morgan fingerprint density at radius 1 is 0.310 bits per heavy atom. The number of unbranched alkanes of at least 4 members (excludes halogenated alkanes) is 28. The molecule has 0 N–H and O–H groups in total. The number of aryl methyl sites for hydroxylation is 4. The SMILES string of the molecule is CCCCCCCCC1=C(c2cc(CC)c(CC)c(CC)c2)[N+](=[N-])C(c2cc(CC)c(CC)c(CC)c2)=C1CCCC.CCCCCCCCCCCCC[CH2][Ni][CH2]CCCCCCCCCCCCC. The average molecular weight is 1020 g/mol. The molecule has 0 unspecified atom stereocenters. The summed E-state index contributed by atoms with van der Waals surface area (Å²) in [6.07, 6.45) is 53.5. The Morgan fingerprint density at radius 2 is 0.563 bits per heavy atom. The Morgan fingerprint density at radius 3 is 0.831 bits per heavy atom. The van der Waals surface area contributed by atoms with Crippen molar-refractivity contribution in [1.82, 2.24) is 0 Å². The number of allylic oxidation sites excluding steroid dienone is 2. The summed E-state index contributed by atoms with van der Waals surface area (Å²) in [5, 5.41) is 2.87. The Balaban J connectivity index is 0.000000524. The van der Waals surface area contributed by atoms with Gasteiger partial charge in [-0.3, -0.25) is 0 Å². The zero-order chi connectivity index (χ0) is 51.7. The van der Waals surface area contributed by atoms with E-state index in [0.29, 0.717) is 0 Å². The fourth-order valence-electron chi connectivity index (χ4n) is 11.3. The third kappa shape index (κ3) is 25.4. The molecular weight excluding hydrogens is 903 g/mol. The number of nitrogens with zero attached hydrogens (tertiary/aromatic N) is 2. The minimum Gasteiger partial charge on any atom is -0.0654 e. The van der Waals surface area contributed by atoms with E-state index in [1.807, 2.05) is 14.4 Å². The molecular formula is C68H118N2Ni. The fraction of sp³-hybridized carbons (Fsp3) is 0.765. The van der Waals surface area contributed by atoms with Gasteiger partial charge in [0.2, 0.25) is 11.4 Å². The van der Waals surface area contributed by atoms with Crippen LogP contribution < -0.4 is 0 Å². The molecule has 3 heteroatoms. The predicted molar refractivity (Wildman–Crippen MR) is 316 cm³/mol. The van der Waals surface area contributed by atoms with E-state index in [4.69, 9.17) is 0 Å². The third-order valence-corrected chi connectivity index (χ3v) is 17.1. The maximum atomic E-state index is 12.3. The first-order chi connectivity index (χ1) is 34.8. The topological polar surface area (TPSA) is 25.3 Å². The molecule has 3 rings (SSSR count). The van der Waals surface area contributed by atoms with E-state index in [1.54, 1.807) is 4.70 Å². The molecule has 1 aliphatic rings. The quantitative estimate of drug-likeness (QED) is 0.0359. The second-order valence-electron chi connectivity index (χ2n) is 21.5. The van der Waals surface area contributed by atoms with Gasteiger partial charge in [0, 0.05) is 22.3 Å². The smallest absolute Gasteiger partial charge is 0.0654 e. The number of hydrogen-bond donors (Lipinski definition) is 0. The summed E-state index contributed by atoms with van der Waals surface area (Å²) in [6, 6.07) is 9.58. The Hall–Kier alpha value is -1.99. The summed E-state index contributed by atoms with van der Waals surface area (Å²) >= 11 is 2.04. The summed E-state index contributed by atoms with van der Waals surface area (Å²) in [4.78, 5) is 0. The van der Waals surface area contributed by atoms with Crippen LogP contribution in [0.15, 0.2) is 35.4 Å². The van der Waals surface area contributed by atoms with Gasteiger partial charge in [0.15, 0.2) is 0 Å². The van der Waals surface area contributed by atoms with Crippen molar-refractivity contribution in [3.05, 3.63) is 85.5 Å². The van der Waals surface area contributed by atoms with Crippen LogP contribution in [0.3, 0.4) is 0 Å². The summed E-state index contributed by atoms with van der Waals surface area (Å²) in [6.45, 7) is 22.8. The molecule has 1 aliphatic heterocycles. The number of rotatable bonds is 44. The van der Waals surface area contributed by atoms with Gasteiger partial charge >= 0.3 is 166 Å². The van der Waals surface area contributed by atoms with E-state index in [9.17, 15) is 5.53 Å². The maximum absolute atomic E-state index is 12.3. The van der Waals surface area contributed by atoms with Gasteiger partial charge in [-0.1, -0.05) is 121 Å². The number of benzene rings is 2. The molecule has 0 aromatic heterocycles. The van der Waals surface area contributed by atoms with Crippen LogP contribution in [-0.2, 0) is 53.0 Å². The molecule has 0 spiro atoms. The minimum absolute atomic E-state index is 1.02. The summed E-state index contributed by atoms with van der Waals surface area (Å²) < 4.78 is 1.62. The molecule has 2 nitrogen and oxygen atoms in total. The van der Waals surface area contributed by atoms with Gasteiger partial charge in [0.1, 0.15) is 0 Å². The van der Waals surface area contributed by atoms with Crippen molar-refractivity contribution < 1.29 is 19.1 Å². The van der Waals surface area contributed by atoms with Crippen LogP contribution in [0.5, 0.6) is 0 Å². The van der Waals surface area contributed by atoms with Crippen molar-refractivity contribution >= 4 is 11.4 Å². The molecule has 0 saturated heterocycles. The molecule has 0 radical (unpaired) electrons. The molecule has 0 aliphatic carbocycles. The van der Waals surface area contributed by atoms with E-state index in [1.165, 1.54) is 259 Å². The van der Waals surface area contributed by atoms with Crippen molar-refractivity contribution in [3.8, 4) is 0 Å². The van der Waals surface area contributed by atoms with Crippen LogP contribution in [0.25, 0.3) is 16.9 Å². The molecule has 0 bridgehead atoms. The van der Waals surface area contributed by atoms with Gasteiger partial charge in [0.05, 0.1) is 0 Å². The molecule has 71 heavy (non-hydrogen) atoms. The van der Waals surface area contributed by atoms with Gasteiger partial charge in [-0.15, -0.1) is 0 Å². The fourth-order valence-corrected chi connectivity index (χ4v) is 12.6. The normalized spacial score (nSPS) is 12.8. The van der Waals surface area contributed by atoms with Gasteiger partial charge in [-0.25, -0.2) is 4.70 Å². The standard InChI is InChI=1S/C40H60N2.2C14H29.Ni/c1-9-17-19-20-21-22-24-38-37(23-18-10-2)39(33-25-29(11-3)35(15-7)30(12-4)26-33)42(41)40(38)34-27-31(13-5)36(16-8)32(14-6)28-34;2*1-3-5-7-9-11-13-14-12-10-8-6-4-2;/h25-28H,9-24H2,1-8H3;2*1,3-14H2,2H3;. The summed E-state index contributed by atoms with van der Waals surface area (Å²) in [5.74, 6) is 0. The molecule has 2 aromatic rings. The molecule has 1 heterocycles. The second-order valence-corrected chi connectivity index (χ2v) is 23.0. The zero-order valence-electron chi connectivity index (χ0n) is 49.2. The molecule has 0 saturated carbocycles. The first kappa shape index (κ1) is 65.1. The molecule has 0 fully saturated rings. The van der Waals surface area contributed by atoms with E-state index in [0.717, 1.165) is 75.6 Å². The van der Waals surface area contributed by atoms with Crippen LogP contribution in [-0.4, -0.2) is 4.70 Å². The van der Waals surface area contributed by atoms with E-state index >= 15 is 0 Å². The van der Waals surface area contributed by atoms with Crippen LogP contribution in [0.1, 0.15) is 332 Å². The average Bonchev–Trinajstić information content (AvgIpc) is 3.67. The minimum atomic E-state index is 1.02. The molecule has 0 amide bonds. The van der Waals surface area contributed by atoms with Gasteiger partial charge in [-0.05, 0) is 122 Å². The second kappa shape index (κ2) is 43.3. The van der Waals surface area contributed by atoms with Crippen LogP contribution in [0.2, 0.25) is 10.8 Å². The van der Waals surface area contributed by atoms with Crippen molar-refractivity contribution in [2.75, 3.05) is 0 Å². The van der Waals surface area contributed by atoms with Crippen molar-refractivity contribution in [2.45, 2.75) is 337 Å². The zero-order valence-corrected chi connectivity index (χ0v) is 50.2. The van der Waals surface area contributed by atoms with Crippen molar-refractivity contribution in [2.24, 2.45) is 0 Å². The van der Waals surface area contributed by atoms with Gasteiger partial charge < -0.3 is 5.53 Å². The first-order valence-electron chi connectivity index (χ1n) is 31.6. The van der Waals surface area contributed by atoms with Gasteiger partial charge in [0.25, 0.3) is 0 Å². The first-order valence-corrected chi connectivity index (χ1v) is 33.0. The van der Waals surface area contributed by atoms with Crippen LogP contribution >= 0.6 is 0 Å². The Labute approximate surface area is 450 Å². The number of hydrogen-bond acceptors (Lipinski definition) is 0. The van der Waals surface area contributed by atoms with Crippen molar-refractivity contribution in [1.29, 1.82) is 0 Å². The Kier molecular flexibility index (Phi) is 39.7. The van der Waals surface area contributed by atoms with E-state index in [-0.39, 0.29) is 0 Å². The summed E-state index contributed by atoms with van der Waals surface area (Å²) in [7, 11) is 0. The third-order valence-electron chi connectivity index (χ3n) is 15.7. The predicted octanol–water partition coefficient (Wildman–Crippen LogP) is 23.5. The van der Waals surface area contributed by atoms with Gasteiger partial charge in [-0.2, -0.15) is 0 Å². The van der Waals surface area contributed by atoms with Crippen LogP contribution in [0, 0.1) is 0 Å². The molecule has 2 aromatic carbocycles. The van der Waals surface area contributed by atoms with Crippen molar-refractivity contribution in [3.63, 3.8) is 0 Å². The van der Waals surface area contributed by atoms with E-state index in [2.05, 4.69) is 93.5 Å². The van der Waals surface area contributed by atoms with Crippen LogP contribution in [0.4, 0.5) is 0 Å². The summed E-state index contributed by atoms with van der Waals surface area (Å²) in [5.41, 5.74) is 28.3. The monoisotopic (exact) mass is 1020 g/mol. The van der Waals surface area contributed by atoms with E-state index < -0.39 is 0 Å². The molecule has 410 valence electrons. The molecule has 0 atom stereocenters.